The summed E-state index contributed by atoms with van der Waals surface area (Å²) < 4.78 is 0. The van der Waals surface area contributed by atoms with Crippen LogP contribution in [0.3, 0.4) is 0 Å². The molecule has 1 rings (SSSR count). The molecule has 0 aliphatic rings. The van der Waals surface area contributed by atoms with Crippen LogP contribution in [0, 0.1) is 5.92 Å². The highest BCUT2D eigenvalue weighted by molar-refractivity contribution is 5.96. The van der Waals surface area contributed by atoms with Crippen molar-refractivity contribution in [3.05, 3.63) is 29.8 Å². The molecule has 0 saturated carbocycles. The summed E-state index contributed by atoms with van der Waals surface area (Å²) in [4.78, 5) is 13.8. The standard InChI is InChI=1S/C15H24N2O/c1-5-11(3)14(16)15(18)17(4)13-9-7-12(6-2)8-10-13/h7-11,14H,5-6,16H2,1-4H3/t11?,14-/m0/s1. The van der Waals surface area contributed by atoms with Crippen LogP contribution in [0.5, 0.6) is 0 Å². The Morgan fingerprint density at radius 3 is 2.28 bits per heavy atom. The zero-order chi connectivity index (χ0) is 13.7. The highest BCUT2D eigenvalue weighted by atomic mass is 16.2. The van der Waals surface area contributed by atoms with Crippen molar-refractivity contribution in [2.45, 2.75) is 39.7 Å². The van der Waals surface area contributed by atoms with Crippen molar-refractivity contribution in [2.24, 2.45) is 11.7 Å². The third kappa shape index (κ3) is 3.33. The van der Waals surface area contributed by atoms with Gasteiger partial charge in [-0.1, -0.05) is 39.3 Å². The Bertz CT molecular complexity index is 386. The van der Waals surface area contributed by atoms with E-state index in [0.717, 1.165) is 18.5 Å². The Labute approximate surface area is 110 Å². The Morgan fingerprint density at radius 2 is 1.83 bits per heavy atom. The third-order valence-corrected chi connectivity index (χ3v) is 3.60. The lowest BCUT2D eigenvalue weighted by Gasteiger charge is -2.24. The van der Waals surface area contributed by atoms with Gasteiger partial charge in [-0.2, -0.15) is 0 Å². The van der Waals surface area contributed by atoms with Crippen molar-refractivity contribution in [1.82, 2.24) is 0 Å². The maximum atomic E-state index is 12.2. The van der Waals surface area contributed by atoms with Crippen LogP contribution >= 0.6 is 0 Å². The molecule has 1 aromatic carbocycles. The number of carbonyl (C=O) groups excluding carboxylic acids is 1. The Hall–Kier alpha value is -1.35. The highest BCUT2D eigenvalue weighted by Gasteiger charge is 2.23. The summed E-state index contributed by atoms with van der Waals surface area (Å²) in [5.41, 5.74) is 8.14. The van der Waals surface area contributed by atoms with Gasteiger partial charge in [0, 0.05) is 12.7 Å². The summed E-state index contributed by atoms with van der Waals surface area (Å²) in [6.45, 7) is 6.17. The van der Waals surface area contributed by atoms with E-state index in [4.69, 9.17) is 5.73 Å². The highest BCUT2D eigenvalue weighted by Crippen LogP contribution is 2.17. The van der Waals surface area contributed by atoms with E-state index in [9.17, 15) is 4.79 Å². The molecule has 100 valence electrons. The minimum atomic E-state index is -0.425. The van der Waals surface area contributed by atoms with E-state index in [-0.39, 0.29) is 11.8 Å². The SMILES string of the molecule is CCc1ccc(N(C)C(=O)[C@@H](N)C(C)CC)cc1. The van der Waals surface area contributed by atoms with Gasteiger partial charge in [0.25, 0.3) is 0 Å². The predicted octanol–water partition coefficient (Wildman–Crippen LogP) is 2.59. The quantitative estimate of drug-likeness (QED) is 0.870. The number of carbonyl (C=O) groups is 1. The molecule has 0 spiro atoms. The topological polar surface area (TPSA) is 46.3 Å². The molecule has 3 nitrogen and oxygen atoms in total. The minimum Gasteiger partial charge on any atom is -0.320 e. The van der Waals surface area contributed by atoms with Gasteiger partial charge in [0.2, 0.25) is 5.91 Å². The van der Waals surface area contributed by atoms with Crippen LogP contribution in [0.25, 0.3) is 0 Å². The molecule has 0 bridgehead atoms. The molecule has 1 aromatic rings. The van der Waals surface area contributed by atoms with E-state index in [1.54, 1.807) is 11.9 Å². The molecule has 3 heteroatoms. The minimum absolute atomic E-state index is 0.0198. The van der Waals surface area contributed by atoms with Crippen molar-refractivity contribution in [3.63, 3.8) is 0 Å². The molecule has 18 heavy (non-hydrogen) atoms. The van der Waals surface area contributed by atoms with Crippen molar-refractivity contribution in [3.8, 4) is 0 Å². The van der Waals surface area contributed by atoms with Crippen LogP contribution in [0.2, 0.25) is 0 Å². The van der Waals surface area contributed by atoms with Gasteiger partial charge in [-0.25, -0.2) is 0 Å². The molecular formula is C15H24N2O. The summed E-state index contributed by atoms with van der Waals surface area (Å²) in [6.07, 6.45) is 1.92. The van der Waals surface area contributed by atoms with Crippen LogP contribution in [-0.4, -0.2) is 19.0 Å². The van der Waals surface area contributed by atoms with E-state index in [1.807, 2.05) is 38.1 Å². The summed E-state index contributed by atoms with van der Waals surface area (Å²) in [6, 6.07) is 7.62. The van der Waals surface area contributed by atoms with Gasteiger partial charge >= 0.3 is 0 Å². The number of anilines is 1. The lowest BCUT2D eigenvalue weighted by atomic mass is 9.99. The summed E-state index contributed by atoms with van der Waals surface area (Å²) in [5.74, 6) is 0.184. The van der Waals surface area contributed by atoms with E-state index >= 15 is 0 Å². The molecule has 2 N–H and O–H groups in total. The predicted molar refractivity (Wildman–Crippen MR) is 76.7 cm³/mol. The molecule has 0 fully saturated rings. The van der Waals surface area contributed by atoms with Gasteiger partial charge in [0.1, 0.15) is 0 Å². The van der Waals surface area contributed by atoms with Crippen LogP contribution < -0.4 is 10.6 Å². The molecule has 0 radical (unpaired) electrons. The lowest BCUT2D eigenvalue weighted by Crippen LogP contribution is -2.45. The molecule has 0 aromatic heterocycles. The number of nitrogens with zero attached hydrogens (tertiary/aromatic N) is 1. The maximum absolute atomic E-state index is 12.2. The number of amides is 1. The van der Waals surface area contributed by atoms with Crippen molar-refractivity contribution in [1.29, 1.82) is 0 Å². The fraction of sp³-hybridized carbons (Fsp3) is 0.533. The third-order valence-electron chi connectivity index (χ3n) is 3.60. The molecule has 1 amide bonds. The van der Waals surface area contributed by atoms with Crippen LogP contribution in [0.4, 0.5) is 5.69 Å². The normalized spacial score (nSPS) is 14.1. The first kappa shape index (κ1) is 14.7. The molecule has 2 atom stereocenters. The van der Waals surface area contributed by atoms with Crippen LogP contribution in [0.1, 0.15) is 32.8 Å². The first-order valence-corrected chi connectivity index (χ1v) is 6.63. The molecule has 0 saturated heterocycles. The molecule has 0 aliphatic heterocycles. The van der Waals surface area contributed by atoms with Crippen LogP contribution in [-0.2, 0) is 11.2 Å². The first-order chi connectivity index (χ1) is 8.51. The summed E-state index contributed by atoms with van der Waals surface area (Å²) >= 11 is 0. The zero-order valence-corrected chi connectivity index (χ0v) is 11.8. The van der Waals surface area contributed by atoms with Gasteiger partial charge in [-0.3, -0.25) is 4.79 Å². The molecule has 0 heterocycles. The monoisotopic (exact) mass is 248 g/mol. The van der Waals surface area contributed by atoms with Crippen LogP contribution in [0.15, 0.2) is 24.3 Å². The van der Waals surface area contributed by atoms with Gasteiger partial charge < -0.3 is 10.6 Å². The largest absolute Gasteiger partial charge is 0.320 e. The van der Waals surface area contributed by atoms with Crippen molar-refractivity contribution >= 4 is 11.6 Å². The fourth-order valence-corrected chi connectivity index (χ4v) is 1.80. The lowest BCUT2D eigenvalue weighted by molar-refractivity contribution is -0.120. The summed E-state index contributed by atoms with van der Waals surface area (Å²) in [7, 11) is 1.78. The fourth-order valence-electron chi connectivity index (χ4n) is 1.80. The molecule has 0 aliphatic carbocycles. The number of rotatable bonds is 5. The van der Waals surface area contributed by atoms with E-state index in [2.05, 4.69) is 6.92 Å². The molecular weight excluding hydrogens is 224 g/mol. The average Bonchev–Trinajstić information content (AvgIpc) is 2.44. The Morgan fingerprint density at radius 1 is 1.28 bits per heavy atom. The average molecular weight is 248 g/mol. The van der Waals surface area contributed by atoms with E-state index < -0.39 is 6.04 Å². The van der Waals surface area contributed by atoms with Crippen molar-refractivity contribution in [2.75, 3.05) is 11.9 Å². The van der Waals surface area contributed by atoms with Gasteiger partial charge in [-0.05, 0) is 30.0 Å². The number of likely N-dealkylation sites (N-methyl/N-ethyl adjacent to an activating group) is 1. The van der Waals surface area contributed by atoms with E-state index in [1.165, 1.54) is 5.56 Å². The number of aryl methyl sites for hydroxylation is 1. The number of benzene rings is 1. The Kier molecular flexibility index (Phi) is 5.35. The zero-order valence-electron chi connectivity index (χ0n) is 11.8. The number of nitrogens with two attached hydrogens (primary N) is 1. The smallest absolute Gasteiger partial charge is 0.243 e. The second-order valence-corrected chi connectivity index (χ2v) is 4.83. The van der Waals surface area contributed by atoms with Gasteiger partial charge in [0.15, 0.2) is 0 Å². The second-order valence-electron chi connectivity index (χ2n) is 4.83. The number of hydrogen-bond acceptors (Lipinski definition) is 2. The first-order valence-electron chi connectivity index (χ1n) is 6.63. The van der Waals surface area contributed by atoms with Gasteiger partial charge in [-0.15, -0.1) is 0 Å². The van der Waals surface area contributed by atoms with Crippen molar-refractivity contribution < 1.29 is 4.79 Å². The Balaban J connectivity index is 2.79. The molecule has 1 unspecified atom stereocenters. The second kappa shape index (κ2) is 6.55. The van der Waals surface area contributed by atoms with E-state index in [0.29, 0.717) is 0 Å². The van der Waals surface area contributed by atoms with Gasteiger partial charge in [0.05, 0.1) is 6.04 Å². The number of hydrogen-bond donors (Lipinski definition) is 1. The maximum Gasteiger partial charge on any atom is 0.243 e. The summed E-state index contributed by atoms with van der Waals surface area (Å²) in [5, 5.41) is 0.